The fourth-order valence-corrected chi connectivity index (χ4v) is 3.85. The molecule has 1 N–H and O–H groups in total. The van der Waals surface area contributed by atoms with E-state index in [4.69, 9.17) is 4.74 Å². The summed E-state index contributed by atoms with van der Waals surface area (Å²) < 4.78 is 8.01. The molecule has 3 aromatic rings. The number of rotatable bonds is 9. The molecule has 0 bridgehead atoms. The highest BCUT2D eigenvalue weighted by atomic mass is 16.5. The molecular weight excluding hydrogens is 362 g/mol. The van der Waals surface area contributed by atoms with Crippen molar-refractivity contribution in [3.8, 4) is 5.75 Å². The minimum atomic E-state index is 0.671. The zero-order valence-electron chi connectivity index (χ0n) is 16.8. The Morgan fingerprint density at radius 2 is 1.93 bits per heavy atom. The normalized spacial score (nSPS) is 14.8. The Bertz CT molecular complexity index is 874. The molecular formula is C23H29N5O. The first kappa shape index (κ1) is 19.6. The van der Waals surface area contributed by atoms with Crippen LogP contribution in [0, 0.1) is 5.92 Å². The monoisotopic (exact) mass is 391 g/mol. The Morgan fingerprint density at radius 3 is 2.79 bits per heavy atom. The highest BCUT2D eigenvalue weighted by molar-refractivity contribution is 5.33. The highest BCUT2D eigenvalue weighted by Gasteiger charge is 2.14. The predicted molar refractivity (Wildman–Crippen MR) is 112 cm³/mol. The summed E-state index contributed by atoms with van der Waals surface area (Å²) in [7, 11) is 0. The van der Waals surface area contributed by atoms with E-state index < -0.39 is 0 Å². The standard InChI is InChI=1S/C23H29N5O/c1-2-7-19(8-3-1)18-29-23-11-5-4-10-21(23)14-25-15-22-17-28(27-26-22)16-20-9-6-12-24-13-20/h4-6,9-13,17,19,25H,1-3,7-8,14-16,18H2. The van der Waals surface area contributed by atoms with E-state index in [1.807, 2.05) is 35.3 Å². The molecule has 0 amide bonds. The molecule has 1 fully saturated rings. The molecule has 6 heteroatoms. The summed E-state index contributed by atoms with van der Waals surface area (Å²) in [6.07, 6.45) is 12.3. The fourth-order valence-electron chi connectivity index (χ4n) is 3.85. The van der Waals surface area contributed by atoms with Crippen LogP contribution >= 0.6 is 0 Å². The van der Waals surface area contributed by atoms with Crippen LogP contribution in [0.1, 0.15) is 48.9 Å². The van der Waals surface area contributed by atoms with Crippen LogP contribution in [0.4, 0.5) is 0 Å². The van der Waals surface area contributed by atoms with Crippen molar-refractivity contribution in [3.63, 3.8) is 0 Å². The van der Waals surface area contributed by atoms with Gasteiger partial charge < -0.3 is 10.1 Å². The third-order valence-electron chi connectivity index (χ3n) is 5.45. The van der Waals surface area contributed by atoms with Crippen LogP contribution in [0.15, 0.2) is 55.0 Å². The maximum absolute atomic E-state index is 6.17. The molecule has 6 nitrogen and oxygen atoms in total. The summed E-state index contributed by atoms with van der Waals surface area (Å²) >= 11 is 0. The van der Waals surface area contributed by atoms with Crippen molar-refractivity contribution >= 4 is 0 Å². The van der Waals surface area contributed by atoms with Gasteiger partial charge in [-0.25, -0.2) is 4.68 Å². The Labute approximate surface area is 172 Å². The number of nitrogens with zero attached hydrogens (tertiary/aromatic N) is 4. The summed E-state index contributed by atoms with van der Waals surface area (Å²) in [6.45, 7) is 2.93. The van der Waals surface area contributed by atoms with Gasteiger partial charge >= 0.3 is 0 Å². The maximum Gasteiger partial charge on any atom is 0.123 e. The number of ether oxygens (including phenoxy) is 1. The van der Waals surface area contributed by atoms with Gasteiger partial charge in [0, 0.05) is 31.0 Å². The van der Waals surface area contributed by atoms with Gasteiger partial charge in [-0.2, -0.15) is 0 Å². The van der Waals surface area contributed by atoms with E-state index in [1.165, 1.54) is 37.7 Å². The summed E-state index contributed by atoms with van der Waals surface area (Å²) in [6, 6.07) is 12.3. The van der Waals surface area contributed by atoms with E-state index in [-0.39, 0.29) is 0 Å². The quantitative estimate of drug-likeness (QED) is 0.598. The molecule has 152 valence electrons. The zero-order chi connectivity index (χ0) is 19.7. The van der Waals surface area contributed by atoms with E-state index in [2.05, 4.69) is 38.8 Å². The first-order valence-electron chi connectivity index (χ1n) is 10.6. The van der Waals surface area contributed by atoms with E-state index >= 15 is 0 Å². The lowest BCUT2D eigenvalue weighted by molar-refractivity contribution is 0.207. The molecule has 0 saturated heterocycles. The van der Waals surface area contributed by atoms with Crippen molar-refractivity contribution in [2.75, 3.05) is 6.61 Å². The number of aromatic nitrogens is 4. The summed E-state index contributed by atoms with van der Waals surface area (Å²) in [5, 5.41) is 11.9. The lowest BCUT2D eigenvalue weighted by atomic mass is 9.90. The van der Waals surface area contributed by atoms with Crippen molar-refractivity contribution < 1.29 is 4.74 Å². The van der Waals surface area contributed by atoms with Crippen LogP contribution in [-0.4, -0.2) is 26.6 Å². The van der Waals surface area contributed by atoms with Crippen LogP contribution in [0.2, 0.25) is 0 Å². The van der Waals surface area contributed by atoms with Crippen molar-refractivity contribution in [2.45, 2.75) is 51.7 Å². The van der Waals surface area contributed by atoms with Gasteiger partial charge in [0.05, 0.1) is 25.0 Å². The fraction of sp³-hybridized carbons (Fsp3) is 0.435. The Balaban J connectivity index is 1.26. The second-order valence-corrected chi connectivity index (χ2v) is 7.80. The van der Waals surface area contributed by atoms with Gasteiger partial charge in [-0.1, -0.05) is 48.7 Å². The number of pyridine rings is 1. The van der Waals surface area contributed by atoms with E-state index in [0.717, 1.165) is 30.2 Å². The molecule has 2 aromatic heterocycles. The van der Waals surface area contributed by atoms with Gasteiger partial charge in [0.2, 0.25) is 0 Å². The minimum Gasteiger partial charge on any atom is -0.493 e. The van der Waals surface area contributed by atoms with Gasteiger partial charge in [-0.15, -0.1) is 5.10 Å². The third kappa shape index (κ3) is 5.87. The Kier molecular flexibility index (Phi) is 6.86. The van der Waals surface area contributed by atoms with Gasteiger partial charge in [0.25, 0.3) is 0 Å². The maximum atomic E-state index is 6.17. The van der Waals surface area contributed by atoms with E-state index in [9.17, 15) is 0 Å². The number of benzene rings is 1. The molecule has 1 aliphatic rings. The molecule has 4 rings (SSSR count). The number of nitrogens with one attached hydrogen (secondary N) is 1. The first-order valence-corrected chi connectivity index (χ1v) is 10.6. The van der Waals surface area contributed by atoms with E-state index in [0.29, 0.717) is 19.0 Å². The molecule has 0 radical (unpaired) electrons. The average Bonchev–Trinajstić information content (AvgIpc) is 3.21. The van der Waals surface area contributed by atoms with Crippen molar-refractivity contribution in [2.24, 2.45) is 5.92 Å². The van der Waals surface area contributed by atoms with E-state index in [1.54, 1.807) is 6.20 Å². The van der Waals surface area contributed by atoms with Crippen LogP contribution in [0.25, 0.3) is 0 Å². The third-order valence-corrected chi connectivity index (χ3v) is 5.45. The van der Waals surface area contributed by atoms with Crippen molar-refractivity contribution in [1.82, 2.24) is 25.3 Å². The Hall–Kier alpha value is -2.73. The highest BCUT2D eigenvalue weighted by Crippen LogP contribution is 2.26. The van der Waals surface area contributed by atoms with Gasteiger partial charge in [0.1, 0.15) is 5.75 Å². The SMILES string of the molecule is c1cncc(Cn2cc(CNCc3ccccc3OCC3CCCCC3)nn2)c1. The van der Waals surface area contributed by atoms with Crippen LogP contribution in [-0.2, 0) is 19.6 Å². The molecule has 0 atom stereocenters. The second kappa shape index (κ2) is 10.2. The number of para-hydroxylation sites is 1. The average molecular weight is 392 g/mol. The molecule has 0 aliphatic heterocycles. The molecule has 0 unspecified atom stereocenters. The second-order valence-electron chi connectivity index (χ2n) is 7.80. The molecule has 1 aromatic carbocycles. The number of hydrogen-bond acceptors (Lipinski definition) is 5. The van der Waals surface area contributed by atoms with Crippen molar-refractivity contribution in [3.05, 3.63) is 71.8 Å². The Morgan fingerprint density at radius 1 is 1.03 bits per heavy atom. The molecule has 1 saturated carbocycles. The first-order chi connectivity index (χ1) is 14.4. The summed E-state index contributed by atoms with van der Waals surface area (Å²) in [4.78, 5) is 4.14. The molecule has 2 heterocycles. The van der Waals surface area contributed by atoms with Crippen LogP contribution in [0.3, 0.4) is 0 Å². The van der Waals surface area contributed by atoms with Gasteiger partial charge in [0.15, 0.2) is 0 Å². The lowest BCUT2D eigenvalue weighted by Gasteiger charge is -2.22. The molecule has 0 spiro atoms. The minimum absolute atomic E-state index is 0.671. The smallest absolute Gasteiger partial charge is 0.123 e. The zero-order valence-corrected chi connectivity index (χ0v) is 16.8. The largest absolute Gasteiger partial charge is 0.493 e. The lowest BCUT2D eigenvalue weighted by Crippen LogP contribution is -2.17. The van der Waals surface area contributed by atoms with Gasteiger partial charge in [-0.3, -0.25) is 4.98 Å². The molecule has 29 heavy (non-hydrogen) atoms. The van der Waals surface area contributed by atoms with Gasteiger partial charge in [-0.05, 0) is 36.5 Å². The van der Waals surface area contributed by atoms with Crippen molar-refractivity contribution in [1.29, 1.82) is 0 Å². The number of hydrogen-bond donors (Lipinski definition) is 1. The summed E-state index contributed by atoms with van der Waals surface area (Å²) in [5.41, 5.74) is 3.22. The topological polar surface area (TPSA) is 64.9 Å². The van der Waals surface area contributed by atoms with Crippen LogP contribution < -0.4 is 10.1 Å². The predicted octanol–water partition coefficient (Wildman–Crippen LogP) is 3.97. The van der Waals surface area contributed by atoms with Crippen LogP contribution in [0.5, 0.6) is 5.75 Å². The molecule has 1 aliphatic carbocycles. The summed E-state index contributed by atoms with van der Waals surface area (Å²) in [5.74, 6) is 1.70.